The summed E-state index contributed by atoms with van der Waals surface area (Å²) in [6, 6.07) is 6.88. The lowest BCUT2D eigenvalue weighted by Gasteiger charge is -2.35. The van der Waals surface area contributed by atoms with Gasteiger partial charge < -0.3 is 9.47 Å². The monoisotopic (exact) mass is 347 g/mol. The first-order valence-electron chi connectivity index (χ1n) is 6.74. The SMILES string of the molecule is CC(C)(C)OC(=O)N1CC(CS(=O)(=O)Cl)Oc2ccccc21. The van der Waals surface area contributed by atoms with Crippen molar-refractivity contribution in [2.24, 2.45) is 0 Å². The van der Waals surface area contributed by atoms with Gasteiger partial charge in [0.1, 0.15) is 23.2 Å². The van der Waals surface area contributed by atoms with Crippen molar-refractivity contribution in [3.05, 3.63) is 24.3 Å². The number of fused-ring (bicyclic) bond motifs is 1. The molecule has 1 amide bonds. The first kappa shape index (κ1) is 16.9. The van der Waals surface area contributed by atoms with E-state index >= 15 is 0 Å². The molecular formula is C14H18ClNO5S. The molecule has 22 heavy (non-hydrogen) atoms. The Kier molecular flexibility index (Phi) is 4.58. The van der Waals surface area contributed by atoms with Crippen molar-refractivity contribution in [3.8, 4) is 5.75 Å². The highest BCUT2D eigenvalue weighted by Crippen LogP contribution is 2.34. The van der Waals surface area contributed by atoms with Crippen molar-refractivity contribution in [2.45, 2.75) is 32.5 Å². The van der Waals surface area contributed by atoms with E-state index in [1.54, 1.807) is 45.0 Å². The molecule has 122 valence electrons. The first-order valence-corrected chi connectivity index (χ1v) is 9.21. The lowest BCUT2D eigenvalue weighted by Crippen LogP contribution is -2.47. The van der Waals surface area contributed by atoms with Crippen molar-refractivity contribution in [1.82, 2.24) is 0 Å². The Morgan fingerprint density at radius 3 is 2.64 bits per heavy atom. The molecule has 0 radical (unpaired) electrons. The second kappa shape index (κ2) is 5.96. The predicted octanol–water partition coefficient (Wildman–Crippen LogP) is 2.76. The molecular weight excluding hydrogens is 330 g/mol. The maximum Gasteiger partial charge on any atom is 0.415 e. The zero-order valence-corrected chi connectivity index (χ0v) is 14.1. The summed E-state index contributed by atoms with van der Waals surface area (Å²) in [5.41, 5.74) is -0.113. The summed E-state index contributed by atoms with van der Waals surface area (Å²) >= 11 is 0. The number of hydrogen-bond acceptors (Lipinski definition) is 5. The number of amides is 1. The summed E-state index contributed by atoms with van der Waals surface area (Å²) in [5.74, 6) is 0.0345. The van der Waals surface area contributed by atoms with E-state index < -0.39 is 26.8 Å². The Morgan fingerprint density at radius 1 is 1.41 bits per heavy atom. The number of rotatable bonds is 2. The molecule has 1 aliphatic heterocycles. The topological polar surface area (TPSA) is 72.9 Å². The highest BCUT2D eigenvalue weighted by atomic mass is 35.7. The normalized spacial score (nSPS) is 18.4. The van der Waals surface area contributed by atoms with Crippen molar-refractivity contribution < 1.29 is 22.7 Å². The minimum absolute atomic E-state index is 0.0534. The van der Waals surface area contributed by atoms with E-state index in [-0.39, 0.29) is 12.3 Å². The highest BCUT2D eigenvalue weighted by Gasteiger charge is 2.34. The number of hydrogen-bond donors (Lipinski definition) is 0. The molecule has 0 bridgehead atoms. The lowest BCUT2D eigenvalue weighted by atomic mass is 10.2. The van der Waals surface area contributed by atoms with Crippen molar-refractivity contribution >= 4 is 31.5 Å². The molecule has 0 aliphatic carbocycles. The van der Waals surface area contributed by atoms with Crippen molar-refractivity contribution in [1.29, 1.82) is 0 Å². The fourth-order valence-corrected chi connectivity index (χ4v) is 3.14. The molecule has 0 spiro atoms. The van der Waals surface area contributed by atoms with E-state index in [0.717, 1.165) is 0 Å². The average Bonchev–Trinajstić information content (AvgIpc) is 2.33. The van der Waals surface area contributed by atoms with Gasteiger partial charge in [-0.2, -0.15) is 0 Å². The van der Waals surface area contributed by atoms with Crippen LogP contribution in [0.25, 0.3) is 0 Å². The first-order chi connectivity index (χ1) is 10.1. The Labute approximate surface area is 134 Å². The molecule has 0 N–H and O–H groups in total. The second-order valence-electron chi connectivity index (χ2n) is 6.00. The fourth-order valence-electron chi connectivity index (χ4n) is 2.10. The standard InChI is InChI=1S/C14H18ClNO5S/c1-14(2,3)21-13(17)16-8-10(9-22(15,18)19)20-12-7-5-4-6-11(12)16/h4-7,10H,8-9H2,1-3H3. The number of anilines is 1. The molecule has 1 heterocycles. The third-order valence-electron chi connectivity index (χ3n) is 2.83. The van der Waals surface area contributed by atoms with Gasteiger partial charge in [-0.1, -0.05) is 12.1 Å². The van der Waals surface area contributed by atoms with Crippen LogP contribution >= 0.6 is 10.7 Å². The average molecular weight is 348 g/mol. The van der Waals surface area contributed by atoms with E-state index in [2.05, 4.69) is 0 Å². The fraction of sp³-hybridized carbons (Fsp3) is 0.500. The van der Waals surface area contributed by atoms with Crippen LogP contribution in [0.15, 0.2) is 24.3 Å². The van der Waals surface area contributed by atoms with Gasteiger partial charge in [-0.25, -0.2) is 13.2 Å². The van der Waals surface area contributed by atoms with Crippen LogP contribution in [-0.4, -0.2) is 38.5 Å². The van der Waals surface area contributed by atoms with Crippen LogP contribution in [0, 0.1) is 0 Å². The smallest absolute Gasteiger partial charge is 0.415 e. The molecule has 0 fully saturated rings. The Bertz CT molecular complexity index is 668. The van der Waals surface area contributed by atoms with Gasteiger partial charge in [0.25, 0.3) is 0 Å². The van der Waals surface area contributed by atoms with Gasteiger partial charge in [-0.3, -0.25) is 4.90 Å². The molecule has 1 aromatic rings. The van der Waals surface area contributed by atoms with Gasteiger partial charge in [0.2, 0.25) is 9.05 Å². The van der Waals surface area contributed by atoms with Gasteiger partial charge >= 0.3 is 6.09 Å². The maximum atomic E-state index is 12.4. The van der Waals surface area contributed by atoms with E-state index in [1.165, 1.54) is 4.90 Å². The van der Waals surface area contributed by atoms with Gasteiger partial charge in [0.15, 0.2) is 0 Å². The molecule has 2 rings (SSSR count). The van der Waals surface area contributed by atoms with E-state index in [0.29, 0.717) is 11.4 Å². The second-order valence-corrected chi connectivity index (χ2v) is 8.83. The summed E-state index contributed by atoms with van der Waals surface area (Å²) in [5, 5.41) is 0. The summed E-state index contributed by atoms with van der Waals surface area (Å²) in [6.07, 6.45) is -1.30. The quantitative estimate of drug-likeness (QED) is 0.769. The number of nitrogens with zero attached hydrogens (tertiary/aromatic N) is 1. The van der Waals surface area contributed by atoms with Crippen LogP contribution in [0.1, 0.15) is 20.8 Å². The minimum Gasteiger partial charge on any atom is -0.485 e. The lowest BCUT2D eigenvalue weighted by molar-refractivity contribution is 0.0552. The van der Waals surface area contributed by atoms with Gasteiger partial charge in [-0.15, -0.1) is 0 Å². The molecule has 0 saturated heterocycles. The molecule has 0 aromatic heterocycles. The van der Waals surface area contributed by atoms with Crippen LogP contribution in [0.2, 0.25) is 0 Å². The van der Waals surface area contributed by atoms with E-state index in [9.17, 15) is 13.2 Å². The summed E-state index contributed by atoms with van der Waals surface area (Å²) in [6.45, 7) is 5.34. The Hall–Kier alpha value is -1.47. The van der Waals surface area contributed by atoms with Crippen molar-refractivity contribution in [3.63, 3.8) is 0 Å². The Balaban J connectivity index is 2.29. The molecule has 1 atom stereocenters. The van der Waals surface area contributed by atoms with E-state index in [4.69, 9.17) is 20.2 Å². The molecule has 1 unspecified atom stereocenters. The largest absolute Gasteiger partial charge is 0.485 e. The van der Waals surface area contributed by atoms with Gasteiger partial charge in [0, 0.05) is 10.7 Å². The molecule has 1 aliphatic rings. The van der Waals surface area contributed by atoms with Gasteiger partial charge in [0.05, 0.1) is 12.2 Å². The third kappa shape index (κ3) is 4.51. The number of ether oxygens (including phenoxy) is 2. The Morgan fingerprint density at radius 2 is 2.05 bits per heavy atom. The number of carbonyl (C=O) groups is 1. The summed E-state index contributed by atoms with van der Waals surface area (Å²) in [7, 11) is 1.54. The summed E-state index contributed by atoms with van der Waals surface area (Å²) in [4.78, 5) is 13.7. The van der Waals surface area contributed by atoms with Crippen LogP contribution in [0.5, 0.6) is 5.75 Å². The number of para-hydroxylation sites is 2. The number of benzene rings is 1. The molecule has 6 nitrogen and oxygen atoms in total. The minimum atomic E-state index is -3.74. The van der Waals surface area contributed by atoms with Crippen LogP contribution < -0.4 is 9.64 Å². The van der Waals surface area contributed by atoms with Crippen LogP contribution in [0.3, 0.4) is 0 Å². The highest BCUT2D eigenvalue weighted by molar-refractivity contribution is 8.13. The van der Waals surface area contributed by atoms with Crippen LogP contribution in [-0.2, 0) is 13.8 Å². The molecule has 0 saturated carbocycles. The van der Waals surface area contributed by atoms with Crippen molar-refractivity contribution in [2.75, 3.05) is 17.2 Å². The molecule has 1 aromatic carbocycles. The third-order valence-corrected chi connectivity index (χ3v) is 3.98. The predicted molar refractivity (Wildman–Crippen MR) is 84.1 cm³/mol. The summed E-state index contributed by atoms with van der Waals surface area (Å²) < 4.78 is 33.5. The number of halogens is 1. The zero-order valence-electron chi connectivity index (χ0n) is 12.6. The molecule has 8 heteroatoms. The van der Waals surface area contributed by atoms with Gasteiger partial charge in [-0.05, 0) is 32.9 Å². The van der Waals surface area contributed by atoms with E-state index in [1.807, 2.05) is 0 Å². The maximum absolute atomic E-state index is 12.4. The van der Waals surface area contributed by atoms with Crippen LogP contribution in [0.4, 0.5) is 10.5 Å². The zero-order chi connectivity index (χ0) is 16.5. The number of carbonyl (C=O) groups excluding carboxylic acids is 1.